The molecule has 1 unspecified atom stereocenters. The fourth-order valence-electron chi connectivity index (χ4n) is 5.17. The maximum atomic E-state index is 12.4. The number of likely N-dealkylation sites (tertiary alicyclic amines) is 1. The predicted octanol–water partition coefficient (Wildman–Crippen LogP) is 2.97. The van der Waals surface area contributed by atoms with Gasteiger partial charge in [0.1, 0.15) is 17.0 Å². The van der Waals surface area contributed by atoms with Crippen molar-refractivity contribution in [3.63, 3.8) is 0 Å². The van der Waals surface area contributed by atoms with E-state index in [1.165, 1.54) is 11.1 Å². The van der Waals surface area contributed by atoms with Crippen molar-refractivity contribution in [2.45, 2.75) is 57.4 Å². The van der Waals surface area contributed by atoms with Crippen LogP contribution in [0.25, 0.3) is 11.3 Å². The second kappa shape index (κ2) is 6.45. The number of nitrogens with one attached hydrogen (secondary N) is 1. The number of hydrogen-bond donors (Lipinski definition) is 2. The van der Waals surface area contributed by atoms with Crippen molar-refractivity contribution in [3.05, 3.63) is 39.8 Å². The Labute approximate surface area is 181 Å². The Morgan fingerprint density at radius 3 is 2.80 bits per heavy atom. The van der Waals surface area contributed by atoms with Gasteiger partial charge in [-0.25, -0.2) is 9.78 Å². The normalized spacial score (nSPS) is 21.5. The van der Waals surface area contributed by atoms with Crippen molar-refractivity contribution in [2.75, 3.05) is 13.1 Å². The zero-order valence-corrected chi connectivity index (χ0v) is 18.5. The lowest BCUT2D eigenvalue weighted by Crippen LogP contribution is -2.73. The van der Waals surface area contributed by atoms with Gasteiger partial charge in [0, 0.05) is 49.6 Å². The number of rotatable bonds is 0. The Kier molecular flexibility index (Phi) is 4.27. The molecule has 0 aromatic carbocycles. The molecule has 2 aromatic rings. The van der Waals surface area contributed by atoms with Gasteiger partial charge in [-0.05, 0) is 50.8 Å². The van der Waals surface area contributed by atoms with Crippen molar-refractivity contribution in [2.24, 2.45) is 7.05 Å². The van der Waals surface area contributed by atoms with Crippen LogP contribution in [0, 0.1) is 0 Å². The fourth-order valence-corrected chi connectivity index (χ4v) is 5.33. The third-order valence-corrected chi connectivity index (χ3v) is 6.58. The summed E-state index contributed by atoms with van der Waals surface area (Å²) in [6, 6.07) is 1.92. The van der Waals surface area contributed by atoms with Gasteiger partial charge in [-0.1, -0.05) is 11.6 Å². The number of hydrogen-bond acceptors (Lipinski definition) is 5. The molecule has 1 spiro atoms. The molecule has 7 nitrogen and oxygen atoms in total. The Hall–Kier alpha value is -2.09. The number of nitrogens with zero attached hydrogens (tertiary/aromatic N) is 3. The molecule has 0 saturated carbocycles. The van der Waals surface area contributed by atoms with E-state index in [2.05, 4.69) is 21.9 Å². The summed E-state index contributed by atoms with van der Waals surface area (Å²) in [4.78, 5) is 18.3. The van der Waals surface area contributed by atoms with Gasteiger partial charge in [0.15, 0.2) is 0 Å². The van der Waals surface area contributed by atoms with E-state index < -0.39 is 11.8 Å². The molecule has 8 heteroatoms. The number of aryl methyl sites for hydroxylation is 1. The zero-order chi connectivity index (χ0) is 21.4. The molecule has 3 aliphatic rings. The Balaban J connectivity index is 1.46. The first-order valence-corrected chi connectivity index (χ1v) is 10.7. The minimum atomic E-state index is -0.761. The Morgan fingerprint density at radius 2 is 2.10 bits per heavy atom. The molecule has 0 radical (unpaired) electrons. The van der Waals surface area contributed by atoms with Gasteiger partial charge >= 0.3 is 6.09 Å². The highest BCUT2D eigenvalue weighted by Crippen LogP contribution is 2.45. The van der Waals surface area contributed by atoms with Crippen molar-refractivity contribution < 1.29 is 14.6 Å². The average molecular weight is 431 g/mol. The van der Waals surface area contributed by atoms with Crippen LogP contribution in [0.1, 0.15) is 49.4 Å². The average Bonchev–Trinajstić information content (AvgIpc) is 2.91. The largest absolute Gasteiger partial charge is 0.444 e. The van der Waals surface area contributed by atoms with Crippen LogP contribution >= 0.6 is 11.6 Å². The Morgan fingerprint density at radius 1 is 1.37 bits per heavy atom. The second-order valence-corrected chi connectivity index (χ2v) is 10.1. The van der Waals surface area contributed by atoms with E-state index in [1.807, 2.05) is 33.0 Å². The van der Waals surface area contributed by atoms with E-state index in [1.54, 1.807) is 4.90 Å². The van der Waals surface area contributed by atoms with Gasteiger partial charge in [-0.15, -0.1) is 0 Å². The predicted molar refractivity (Wildman–Crippen MR) is 113 cm³/mol. The highest BCUT2D eigenvalue weighted by atomic mass is 35.5. The molecule has 4 heterocycles. The van der Waals surface area contributed by atoms with E-state index in [4.69, 9.17) is 16.3 Å². The number of pyridine rings is 1. The van der Waals surface area contributed by atoms with E-state index in [9.17, 15) is 9.90 Å². The van der Waals surface area contributed by atoms with Gasteiger partial charge in [-0.3, -0.25) is 5.32 Å². The molecule has 2 N–H and O–H groups in total. The highest BCUT2D eigenvalue weighted by molar-refractivity contribution is 6.29. The smallest absolute Gasteiger partial charge is 0.410 e. The van der Waals surface area contributed by atoms with Gasteiger partial charge in [0.2, 0.25) is 0 Å². The lowest BCUT2D eigenvalue weighted by Gasteiger charge is -2.53. The lowest BCUT2D eigenvalue weighted by molar-refractivity contribution is -0.0407. The molecule has 1 saturated heterocycles. The summed E-state index contributed by atoms with van der Waals surface area (Å²) in [6.45, 7) is 6.62. The molecule has 0 bridgehead atoms. The quantitative estimate of drug-likeness (QED) is 0.628. The number of amides is 1. The van der Waals surface area contributed by atoms with E-state index >= 15 is 0 Å². The summed E-state index contributed by atoms with van der Waals surface area (Å²) in [6.07, 6.45) is 3.28. The zero-order valence-electron chi connectivity index (χ0n) is 17.8. The van der Waals surface area contributed by atoms with E-state index in [0.29, 0.717) is 18.2 Å². The molecular formula is C22H27ClN4O3. The van der Waals surface area contributed by atoms with Crippen LogP contribution in [0.2, 0.25) is 5.15 Å². The molecule has 1 aliphatic carbocycles. The molecule has 2 aromatic heterocycles. The molecule has 5 rings (SSSR count). The van der Waals surface area contributed by atoms with Crippen molar-refractivity contribution in [1.29, 1.82) is 0 Å². The summed E-state index contributed by atoms with van der Waals surface area (Å²) >= 11 is 6.19. The van der Waals surface area contributed by atoms with Crippen LogP contribution in [0.15, 0.2) is 12.3 Å². The highest BCUT2D eigenvalue weighted by Gasteiger charge is 2.51. The maximum Gasteiger partial charge on any atom is 0.410 e. The summed E-state index contributed by atoms with van der Waals surface area (Å²) in [7, 11) is 2.05. The monoisotopic (exact) mass is 430 g/mol. The number of aliphatic hydroxyl groups is 1. The standard InChI is InChI=1S/C22H27ClN4O3/c1-21(2,3)30-20(29)27-10-22(11-27)8-15-17(19(28)25-22)13-6-5-12-9-24-16(23)7-14(12)18(13)26(15)4/h7,9,19,25,28H,5-6,8,10-11H2,1-4H3. The molecule has 30 heavy (non-hydrogen) atoms. The molecule has 1 atom stereocenters. The number of halogens is 1. The minimum absolute atomic E-state index is 0.308. The summed E-state index contributed by atoms with van der Waals surface area (Å²) in [5.41, 5.74) is 5.82. The first kappa shape index (κ1) is 19.8. The number of aromatic nitrogens is 2. The lowest BCUT2D eigenvalue weighted by atomic mass is 9.79. The number of ether oxygens (including phenoxy) is 1. The van der Waals surface area contributed by atoms with Gasteiger partial charge < -0.3 is 19.3 Å². The van der Waals surface area contributed by atoms with Crippen LogP contribution in [0.3, 0.4) is 0 Å². The maximum absolute atomic E-state index is 12.4. The molecule has 1 amide bonds. The minimum Gasteiger partial charge on any atom is -0.444 e. The third kappa shape index (κ3) is 3.02. The van der Waals surface area contributed by atoms with Crippen LogP contribution in [0.4, 0.5) is 4.79 Å². The Bertz CT molecular complexity index is 1050. The van der Waals surface area contributed by atoms with E-state index in [-0.39, 0.29) is 11.6 Å². The molecular weight excluding hydrogens is 404 g/mol. The topological polar surface area (TPSA) is 79.6 Å². The number of fused-ring (bicyclic) bond motifs is 5. The summed E-state index contributed by atoms with van der Waals surface area (Å²) in [5, 5.41) is 14.9. The number of carbonyl (C=O) groups is 1. The van der Waals surface area contributed by atoms with Crippen molar-refractivity contribution in [3.8, 4) is 11.3 Å². The SMILES string of the molecule is Cn1c2c(c3c1-c1cc(Cl)ncc1CC3)C(O)NC1(C2)CN(C(=O)OC(C)(C)C)C1. The van der Waals surface area contributed by atoms with Gasteiger partial charge in [-0.2, -0.15) is 0 Å². The van der Waals surface area contributed by atoms with Crippen LogP contribution < -0.4 is 5.32 Å². The van der Waals surface area contributed by atoms with Crippen LogP contribution in [0.5, 0.6) is 0 Å². The summed E-state index contributed by atoms with van der Waals surface area (Å²) < 4.78 is 7.68. The summed E-state index contributed by atoms with van der Waals surface area (Å²) in [5.74, 6) is 0. The fraction of sp³-hybridized carbons (Fsp3) is 0.545. The number of aliphatic hydroxyl groups excluding tert-OH is 1. The first-order valence-electron chi connectivity index (χ1n) is 10.4. The van der Waals surface area contributed by atoms with Crippen molar-refractivity contribution >= 4 is 17.7 Å². The molecule has 160 valence electrons. The van der Waals surface area contributed by atoms with Gasteiger partial charge in [0.05, 0.1) is 11.2 Å². The molecule has 2 aliphatic heterocycles. The van der Waals surface area contributed by atoms with Crippen LogP contribution in [-0.4, -0.2) is 49.9 Å². The second-order valence-electron chi connectivity index (χ2n) is 9.75. The third-order valence-electron chi connectivity index (χ3n) is 6.38. The van der Waals surface area contributed by atoms with Crippen molar-refractivity contribution in [1.82, 2.24) is 19.8 Å². The van der Waals surface area contributed by atoms with E-state index in [0.717, 1.165) is 41.8 Å². The van der Waals surface area contributed by atoms with Crippen LogP contribution in [-0.2, 0) is 31.0 Å². The number of carbonyl (C=O) groups excluding carboxylic acids is 1. The molecule has 1 fully saturated rings. The first-order chi connectivity index (χ1) is 14.1. The van der Waals surface area contributed by atoms with Gasteiger partial charge in [0.25, 0.3) is 0 Å².